The molecule has 100 valence electrons. The van der Waals surface area contributed by atoms with Gasteiger partial charge in [0.1, 0.15) is 0 Å². The van der Waals surface area contributed by atoms with E-state index < -0.39 is 11.6 Å². The van der Waals surface area contributed by atoms with Crippen LogP contribution in [0.15, 0.2) is 6.07 Å². The minimum absolute atomic E-state index is 0.0214. The molecular weight excluding hydrogens is 242 g/mol. The zero-order chi connectivity index (χ0) is 13.2. The Bertz CT molecular complexity index is 437. The average Bonchev–Trinajstić information content (AvgIpc) is 3.09. The molecule has 1 aliphatic rings. The maximum absolute atomic E-state index is 13.5. The Balaban J connectivity index is 2.05. The highest BCUT2D eigenvalue weighted by atomic mass is 19.1. The first-order valence-electron chi connectivity index (χ1n) is 5.78. The summed E-state index contributed by atoms with van der Waals surface area (Å²) < 4.78 is 26.6. The molecule has 1 aromatic rings. The number of aliphatic hydroxyl groups is 1. The Labute approximate surface area is 103 Å². The Kier molecular flexibility index (Phi) is 3.63. The summed E-state index contributed by atoms with van der Waals surface area (Å²) in [5, 5.41) is 11.8. The molecular formula is C11H16F2N4O. The molecule has 18 heavy (non-hydrogen) atoms. The van der Waals surface area contributed by atoms with Gasteiger partial charge in [-0.1, -0.05) is 0 Å². The van der Waals surface area contributed by atoms with Crippen molar-refractivity contribution >= 4 is 11.6 Å². The summed E-state index contributed by atoms with van der Waals surface area (Å²) in [6.45, 7) is 0.615. The first kappa shape index (κ1) is 13.0. The van der Waals surface area contributed by atoms with Crippen LogP contribution in [0.3, 0.4) is 0 Å². The molecule has 0 saturated heterocycles. The molecule has 0 aromatic carbocycles. The zero-order valence-electron chi connectivity index (χ0n) is 9.84. The normalized spacial score (nSPS) is 16.4. The van der Waals surface area contributed by atoms with Gasteiger partial charge in [0.25, 0.3) is 0 Å². The van der Waals surface area contributed by atoms with Crippen LogP contribution in [-0.2, 0) is 0 Å². The molecule has 1 aromatic heterocycles. The SMILES string of the molecule is NNc1nc(NCC2(CCO)CC2)c(F)cc1F. The van der Waals surface area contributed by atoms with Crippen molar-refractivity contribution in [1.82, 2.24) is 4.98 Å². The van der Waals surface area contributed by atoms with Gasteiger partial charge in [-0.25, -0.2) is 19.6 Å². The van der Waals surface area contributed by atoms with Crippen molar-refractivity contribution in [2.45, 2.75) is 19.3 Å². The van der Waals surface area contributed by atoms with Crippen LogP contribution in [0.5, 0.6) is 0 Å². The summed E-state index contributed by atoms with van der Waals surface area (Å²) in [6.07, 6.45) is 2.65. The third-order valence-electron chi connectivity index (χ3n) is 3.30. The van der Waals surface area contributed by atoms with E-state index in [1.807, 2.05) is 0 Å². The van der Waals surface area contributed by atoms with Gasteiger partial charge in [0.2, 0.25) is 0 Å². The number of nitrogens with two attached hydrogens (primary N) is 1. The number of nitrogens with zero attached hydrogens (tertiary/aromatic N) is 1. The van der Waals surface area contributed by atoms with E-state index in [1.165, 1.54) is 0 Å². The topological polar surface area (TPSA) is 83.2 Å². The summed E-state index contributed by atoms with van der Waals surface area (Å²) in [4.78, 5) is 3.72. The highest BCUT2D eigenvalue weighted by molar-refractivity contribution is 5.47. The monoisotopic (exact) mass is 258 g/mol. The Hall–Kier alpha value is -1.47. The second-order valence-electron chi connectivity index (χ2n) is 4.62. The smallest absolute Gasteiger partial charge is 0.178 e. The van der Waals surface area contributed by atoms with Crippen LogP contribution in [0, 0.1) is 17.0 Å². The predicted molar refractivity (Wildman–Crippen MR) is 63.8 cm³/mol. The van der Waals surface area contributed by atoms with Crippen LogP contribution in [0.2, 0.25) is 0 Å². The van der Waals surface area contributed by atoms with Crippen molar-refractivity contribution in [3.8, 4) is 0 Å². The van der Waals surface area contributed by atoms with Crippen molar-refractivity contribution in [2.75, 3.05) is 23.9 Å². The lowest BCUT2D eigenvalue weighted by Crippen LogP contribution is -2.19. The second kappa shape index (κ2) is 5.03. The molecule has 5 N–H and O–H groups in total. The number of hydrogen-bond donors (Lipinski definition) is 4. The van der Waals surface area contributed by atoms with E-state index in [-0.39, 0.29) is 23.7 Å². The second-order valence-corrected chi connectivity index (χ2v) is 4.62. The fourth-order valence-corrected chi connectivity index (χ4v) is 1.89. The molecule has 0 aliphatic heterocycles. The van der Waals surface area contributed by atoms with Crippen molar-refractivity contribution in [3.05, 3.63) is 17.7 Å². The van der Waals surface area contributed by atoms with Gasteiger partial charge in [0.05, 0.1) is 0 Å². The maximum atomic E-state index is 13.5. The van der Waals surface area contributed by atoms with Crippen LogP contribution in [-0.4, -0.2) is 23.2 Å². The number of aromatic nitrogens is 1. The van der Waals surface area contributed by atoms with Gasteiger partial charge in [-0.15, -0.1) is 0 Å². The fraction of sp³-hybridized carbons (Fsp3) is 0.545. The number of nitrogen functional groups attached to an aromatic ring is 1. The number of halogens is 2. The first-order chi connectivity index (χ1) is 8.60. The molecule has 1 fully saturated rings. The standard InChI is InChI=1S/C11H16F2N4O/c12-7-5-8(13)10(17-14)16-9(7)15-6-11(1-2-11)3-4-18/h5,18H,1-4,6,14H2,(H2,15,16,17). The van der Waals surface area contributed by atoms with Gasteiger partial charge >= 0.3 is 0 Å². The Morgan fingerprint density at radius 2 is 2.00 bits per heavy atom. The lowest BCUT2D eigenvalue weighted by molar-refractivity contribution is 0.253. The summed E-state index contributed by atoms with van der Waals surface area (Å²) in [5.41, 5.74) is 2.09. The molecule has 0 radical (unpaired) electrons. The van der Waals surface area contributed by atoms with Gasteiger partial charge in [-0.05, 0) is 24.7 Å². The van der Waals surface area contributed by atoms with Gasteiger partial charge in [-0.3, -0.25) is 0 Å². The van der Waals surface area contributed by atoms with Gasteiger partial charge in [0.15, 0.2) is 23.3 Å². The fourth-order valence-electron chi connectivity index (χ4n) is 1.89. The summed E-state index contributed by atoms with van der Waals surface area (Å²) in [7, 11) is 0. The highest BCUT2D eigenvalue weighted by Gasteiger charge is 2.41. The molecule has 7 heteroatoms. The number of hydrazine groups is 1. The van der Waals surface area contributed by atoms with Crippen molar-refractivity contribution in [1.29, 1.82) is 0 Å². The molecule has 1 saturated carbocycles. The average molecular weight is 258 g/mol. The van der Waals surface area contributed by atoms with Gasteiger partial charge in [-0.2, -0.15) is 0 Å². The molecule has 1 heterocycles. The van der Waals surface area contributed by atoms with E-state index in [2.05, 4.69) is 15.7 Å². The predicted octanol–water partition coefficient (Wildman–Crippen LogP) is 1.22. The number of nitrogens with one attached hydrogen (secondary N) is 2. The number of aliphatic hydroxyl groups excluding tert-OH is 1. The van der Waals surface area contributed by atoms with Crippen molar-refractivity contribution < 1.29 is 13.9 Å². The van der Waals surface area contributed by atoms with Gasteiger partial charge in [0, 0.05) is 19.2 Å². The Morgan fingerprint density at radius 3 is 2.56 bits per heavy atom. The molecule has 0 atom stereocenters. The maximum Gasteiger partial charge on any atom is 0.178 e. The molecule has 5 nitrogen and oxygen atoms in total. The van der Waals surface area contributed by atoms with Crippen LogP contribution >= 0.6 is 0 Å². The van der Waals surface area contributed by atoms with Gasteiger partial charge < -0.3 is 15.8 Å². The van der Waals surface area contributed by atoms with E-state index in [4.69, 9.17) is 10.9 Å². The highest BCUT2D eigenvalue weighted by Crippen LogP contribution is 2.48. The summed E-state index contributed by atoms with van der Waals surface area (Å²) >= 11 is 0. The third kappa shape index (κ3) is 2.68. The van der Waals surface area contributed by atoms with Crippen LogP contribution in [0.4, 0.5) is 20.4 Å². The molecule has 0 bridgehead atoms. The van der Waals surface area contributed by atoms with E-state index in [9.17, 15) is 8.78 Å². The lowest BCUT2D eigenvalue weighted by atomic mass is 10.0. The van der Waals surface area contributed by atoms with Crippen LogP contribution in [0.1, 0.15) is 19.3 Å². The summed E-state index contributed by atoms with van der Waals surface area (Å²) in [5.74, 6) is 3.25. The van der Waals surface area contributed by atoms with Crippen molar-refractivity contribution in [3.63, 3.8) is 0 Å². The molecule has 0 unspecified atom stereocenters. The molecule has 1 aliphatic carbocycles. The minimum atomic E-state index is -0.836. The van der Waals surface area contributed by atoms with E-state index in [1.54, 1.807) is 0 Å². The lowest BCUT2D eigenvalue weighted by Gasteiger charge is -2.16. The molecule has 2 rings (SSSR count). The van der Waals surface area contributed by atoms with E-state index in [0.29, 0.717) is 13.0 Å². The Morgan fingerprint density at radius 1 is 1.33 bits per heavy atom. The molecule has 0 amide bonds. The number of anilines is 2. The van der Waals surface area contributed by atoms with Crippen LogP contribution in [0.25, 0.3) is 0 Å². The van der Waals surface area contributed by atoms with E-state index >= 15 is 0 Å². The first-order valence-corrected chi connectivity index (χ1v) is 5.78. The minimum Gasteiger partial charge on any atom is -0.396 e. The number of hydrogen-bond acceptors (Lipinski definition) is 5. The number of pyridine rings is 1. The zero-order valence-corrected chi connectivity index (χ0v) is 9.84. The third-order valence-corrected chi connectivity index (χ3v) is 3.30. The summed E-state index contributed by atoms with van der Waals surface area (Å²) in [6, 6.07) is 0.732. The molecule has 0 spiro atoms. The largest absolute Gasteiger partial charge is 0.396 e. The van der Waals surface area contributed by atoms with Crippen LogP contribution < -0.4 is 16.6 Å². The van der Waals surface area contributed by atoms with E-state index in [0.717, 1.165) is 18.9 Å². The number of rotatable bonds is 6. The quantitative estimate of drug-likeness (QED) is 0.455. The van der Waals surface area contributed by atoms with Crippen molar-refractivity contribution in [2.24, 2.45) is 11.3 Å².